The van der Waals surface area contributed by atoms with Crippen molar-refractivity contribution in [3.63, 3.8) is 0 Å². The smallest absolute Gasteiger partial charge is 0.341 e. The van der Waals surface area contributed by atoms with Crippen molar-refractivity contribution in [1.82, 2.24) is 4.98 Å². The lowest BCUT2D eigenvalue weighted by atomic mass is 9.89. The molecule has 1 fully saturated rings. The molecule has 0 radical (unpaired) electrons. The Hall–Kier alpha value is -3.86. The number of carboxylic acids is 1. The Morgan fingerprint density at radius 1 is 0.941 bits per heavy atom. The van der Waals surface area contributed by atoms with Crippen LogP contribution in [0.3, 0.4) is 0 Å². The number of ether oxygens (including phenoxy) is 1. The van der Waals surface area contributed by atoms with E-state index in [9.17, 15) is 4.79 Å². The van der Waals surface area contributed by atoms with Crippen LogP contribution in [0.25, 0.3) is 22.6 Å². The highest BCUT2D eigenvalue weighted by Crippen LogP contribution is 2.44. The lowest BCUT2D eigenvalue weighted by molar-refractivity contribution is -0.139. The molecular weight excluding hydrogens is 426 g/mol. The molecule has 172 valence electrons. The SMILES string of the molecule is O=C(O)COc1cccc(C[C@H]2CCC[C@H]2c2nc(-c3ccccc3)c(-c3ccccc3)o2)c1. The van der Waals surface area contributed by atoms with Gasteiger partial charge in [-0.25, -0.2) is 9.78 Å². The Morgan fingerprint density at radius 2 is 1.68 bits per heavy atom. The van der Waals surface area contributed by atoms with E-state index in [2.05, 4.69) is 30.3 Å². The zero-order valence-corrected chi connectivity index (χ0v) is 18.9. The van der Waals surface area contributed by atoms with Gasteiger partial charge in [-0.05, 0) is 42.9 Å². The van der Waals surface area contributed by atoms with Crippen LogP contribution < -0.4 is 4.74 Å². The zero-order chi connectivity index (χ0) is 23.3. The third kappa shape index (κ3) is 4.88. The Labute approximate surface area is 199 Å². The van der Waals surface area contributed by atoms with E-state index in [1.54, 1.807) is 6.07 Å². The van der Waals surface area contributed by atoms with Gasteiger partial charge in [0, 0.05) is 17.0 Å². The summed E-state index contributed by atoms with van der Waals surface area (Å²) in [5.41, 5.74) is 4.10. The topological polar surface area (TPSA) is 72.6 Å². The molecule has 1 heterocycles. The normalized spacial score (nSPS) is 17.5. The fourth-order valence-corrected chi connectivity index (χ4v) is 4.89. The number of carboxylic acid groups (broad SMARTS) is 1. The van der Waals surface area contributed by atoms with Gasteiger partial charge >= 0.3 is 5.97 Å². The summed E-state index contributed by atoms with van der Waals surface area (Å²) in [5, 5.41) is 8.88. The number of aliphatic carboxylic acids is 1. The average molecular weight is 454 g/mol. The van der Waals surface area contributed by atoms with Gasteiger partial charge in [0.25, 0.3) is 0 Å². The number of carbonyl (C=O) groups is 1. The first-order chi connectivity index (χ1) is 16.7. The number of aromatic nitrogens is 1. The highest BCUT2D eigenvalue weighted by atomic mass is 16.5. The predicted octanol–water partition coefficient (Wildman–Crippen LogP) is 6.60. The highest BCUT2D eigenvalue weighted by molar-refractivity contribution is 5.76. The molecule has 1 saturated carbocycles. The van der Waals surface area contributed by atoms with Crippen molar-refractivity contribution in [3.05, 3.63) is 96.4 Å². The molecule has 0 bridgehead atoms. The van der Waals surface area contributed by atoms with E-state index >= 15 is 0 Å². The summed E-state index contributed by atoms with van der Waals surface area (Å²) in [6.45, 7) is -0.337. The van der Waals surface area contributed by atoms with E-state index in [-0.39, 0.29) is 12.5 Å². The number of hydrogen-bond acceptors (Lipinski definition) is 4. The van der Waals surface area contributed by atoms with Gasteiger partial charge in [0.05, 0.1) is 0 Å². The Kier molecular flexibility index (Phi) is 6.43. The van der Waals surface area contributed by atoms with E-state index in [0.29, 0.717) is 11.7 Å². The molecule has 5 heteroatoms. The molecule has 34 heavy (non-hydrogen) atoms. The Bertz CT molecular complexity index is 1190. The van der Waals surface area contributed by atoms with Gasteiger partial charge in [0.2, 0.25) is 0 Å². The number of oxazole rings is 1. The summed E-state index contributed by atoms with van der Waals surface area (Å²) in [6.07, 6.45) is 4.16. The van der Waals surface area contributed by atoms with Gasteiger partial charge in [-0.2, -0.15) is 0 Å². The van der Waals surface area contributed by atoms with Gasteiger partial charge in [0.1, 0.15) is 11.4 Å². The molecule has 1 N–H and O–H groups in total. The second-order valence-corrected chi connectivity index (χ2v) is 8.79. The maximum Gasteiger partial charge on any atom is 0.341 e. The fraction of sp³-hybridized carbons (Fsp3) is 0.241. The van der Waals surface area contributed by atoms with Crippen LogP contribution in [0, 0.1) is 5.92 Å². The quantitative estimate of drug-likeness (QED) is 0.325. The fourth-order valence-electron chi connectivity index (χ4n) is 4.89. The summed E-state index contributed by atoms with van der Waals surface area (Å²) in [7, 11) is 0. The first kappa shape index (κ1) is 22.0. The lowest BCUT2D eigenvalue weighted by Crippen LogP contribution is -2.11. The van der Waals surface area contributed by atoms with Crippen molar-refractivity contribution >= 4 is 5.97 Å². The summed E-state index contributed by atoms with van der Waals surface area (Å²) >= 11 is 0. The third-order valence-electron chi connectivity index (χ3n) is 6.46. The number of nitrogens with zero attached hydrogens (tertiary/aromatic N) is 1. The van der Waals surface area contributed by atoms with Crippen LogP contribution in [-0.4, -0.2) is 22.7 Å². The van der Waals surface area contributed by atoms with Crippen molar-refractivity contribution in [2.24, 2.45) is 5.92 Å². The highest BCUT2D eigenvalue weighted by Gasteiger charge is 2.33. The average Bonchev–Trinajstić information content (AvgIpc) is 3.51. The molecular formula is C29H27NO4. The van der Waals surface area contributed by atoms with Gasteiger partial charge in [-0.15, -0.1) is 0 Å². The zero-order valence-electron chi connectivity index (χ0n) is 18.9. The maximum atomic E-state index is 10.8. The monoisotopic (exact) mass is 453 g/mol. The second-order valence-electron chi connectivity index (χ2n) is 8.79. The molecule has 5 nitrogen and oxygen atoms in total. The first-order valence-electron chi connectivity index (χ1n) is 11.7. The van der Waals surface area contributed by atoms with Crippen molar-refractivity contribution < 1.29 is 19.1 Å². The molecule has 0 saturated heterocycles. The summed E-state index contributed by atoms with van der Waals surface area (Å²) in [4.78, 5) is 15.9. The number of hydrogen-bond donors (Lipinski definition) is 1. The van der Waals surface area contributed by atoms with Crippen molar-refractivity contribution in [3.8, 4) is 28.3 Å². The van der Waals surface area contributed by atoms with Gasteiger partial charge < -0.3 is 14.3 Å². The molecule has 2 atom stereocenters. The van der Waals surface area contributed by atoms with Crippen LogP contribution in [0.15, 0.2) is 89.3 Å². The minimum absolute atomic E-state index is 0.239. The minimum atomic E-state index is -0.978. The van der Waals surface area contributed by atoms with E-state index < -0.39 is 5.97 Å². The third-order valence-corrected chi connectivity index (χ3v) is 6.46. The lowest BCUT2D eigenvalue weighted by Gasteiger charge is -2.17. The molecule has 0 unspecified atom stereocenters. The maximum absolute atomic E-state index is 10.8. The molecule has 5 rings (SSSR count). The Morgan fingerprint density at radius 3 is 2.41 bits per heavy atom. The van der Waals surface area contributed by atoms with Crippen LogP contribution >= 0.6 is 0 Å². The number of rotatable bonds is 8. The van der Waals surface area contributed by atoms with Crippen LogP contribution in [-0.2, 0) is 11.2 Å². The molecule has 4 aromatic rings. The Balaban J connectivity index is 1.43. The summed E-state index contributed by atoms with van der Waals surface area (Å²) < 4.78 is 11.9. The van der Waals surface area contributed by atoms with Gasteiger partial charge in [-0.1, -0.05) is 79.2 Å². The number of benzene rings is 3. The molecule has 0 amide bonds. The predicted molar refractivity (Wildman–Crippen MR) is 131 cm³/mol. The van der Waals surface area contributed by atoms with Crippen molar-refractivity contribution in [2.45, 2.75) is 31.6 Å². The van der Waals surface area contributed by atoms with E-state index in [1.807, 2.05) is 48.5 Å². The standard InChI is InChI=1S/C29H27NO4/c31-26(32)19-33-24-15-7-9-20(18-24)17-23-14-8-16-25(23)29-30-27(21-10-3-1-4-11-21)28(34-29)22-12-5-2-6-13-22/h1-7,9-13,15,18,23,25H,8,14,16-17,19H2,(H,31,32)/t23-,25-/m1/s1. The summed E-state index contributed by atoms with van der Waals surface area (Å²) in [6, 6.07) is 28.1. The van der Waals surface area contributed by atoms with E-state index in [1.165, 1.54) is 0 Å². The molecule has 1 aliphatic rings. The van der Waals surface area contributed by atoms with Crippen molar-refractivity contribution in [1.29, 1.82) is 0 Å². The summed E-state index contributed by atoms with van der Waals surface area (Å²) in [5.74, 6) is 1.87. The molecule has 0 spiro atoms. The molecule has 1 aliphatic carbocycles. The van der Waals surface area contributed by atoms with E-state index in [4.69, 9.17) is 19.2 Å². The van der Waals surface area contributed by atoms with Gasteiger partial charge in [0.15, 0.2) is 18.3 Å². The molecule has 0 aliphatic heterocycles. The largest absolute Gasteiger partial charge is 0.482 e. The minimum Gasteiger partial charge on any atom is -0.482 e. The van der Waals surface area contributed by atoms with Crippen LogP contribution in [0.1, 0.15) is 36.6 Å². The molecule has 3 aromatic carbocycles. The van der Waals surface area contributed by atoms with E-state index in [0.717, 1.165) is 59.7 Å². The van der Waals surface area contributed by atoms with Crippen LogP contribution in [0.2, 0.25) is 0 Å². The second kappa shape index (κ2) is 9.96. The van der Waals surface area contributed by atoms with Crippen LogP contribution in [0.5, 0.6) is 5.75 Å². The first-order valence-corrected chi connectivity index (χ1v) is 11.7. The molecule has 1 aromatic heterocycles. The van der Waals surface area contributed by atoms with Crippen molar-refractivity contribution in [2.75, 3.05) is 6.61 Å². The van der Waals surface area contributed by atoms with Gasteiger partial charge in [-0.3, -0.25) is 0 Å². The van der Waals surface area contributed by atoms with Crippen LogP contribution in [0.4, 0.5) is 0 Å².